The van der Waals surface area contributed by atoms with Gasteiger partial charge in [0.05, 0.1) is 25.1 Å². The van der Waals surface area contributed by atoms with E-state index in [2.05, 4.69) is 5.32 Å². The lowest BCUT2D eigenvalue weighted by Crippen LogP contribution is -2.52. The molecule has 23 heavy (non-hydrogen) atoms. The highest BCUT2D eigenvalue weighted by Gasteiger charge is 2.35. The minimum Gasteiger partial charge on any atom is -0.494 e. The number of rotatable bonds is 7. The highest BCUT2D eigenvalue weighted by molar-refractivity contribution is 5.78. The maximum absolute atomic E-state index is 12.1. The van der Waals surface area contributed by atoms with Crippen molar-refractivity contribution in [2.75, 3.05) is 26.3 Å². The number of benzene rings is 1. The molecular weight excluding hydrogens is 296 g/mol. The Morgan fingerprint density at radius 3 is 2.61 bits per heavy atom. The SMILES string of the molecule is CCOc1ccc(CC(=O)NCC(C)(C)N2CCOC2=O)cc1. The highest BCUT2D eigenvalue weighted by Crippen LogP contribution is 2.18. The Morgan fingerprint density at radius 1 is 1.35 bits per heavy atom. The van der Waals surface area contributed by atoms with Crippen molar-refractivity contribution in [3.8, 4) is 5.75 Å². The molecule has 1 fully saturated rings. The second kappa shape index (κ2) is 7.35. The van der Waals surface area contributed by atoms with Crippen LogP contribution in [-0.2, 0) is 16.0 Å². The molecule has 1 heterocycles. The molecule has 0 unspecified atom stereocenters. The van der Waals surface area contributed by atoms with Crippen molar-refractivity contribution in [3.63, 3.8) is 0 Å². The standard InChI is InChI=1S/C17H24N2O4/c1-4-22-14-7-5-13(6-8-14)11-15(20)18-12-17(2,3)19-9-10-23-16(19)21/h5-8H,4,9-12H2,1-3H3,(H,18,20). The molecule has 1 aromatic rings. The number of amides is 2. The van der Waals surface area contributed by atoms with Crippen molar-refractivity contribution < 1.29 is 19.1 Å². The summed E-state index contributed by atoms with van der Waals surface area (Å²) in [4.78, 5) is 25.4. The fourth-order valence-electron chi connectivity index (χ4n) is 2.47. The molecule has 2 rings (SSSR count). The van der Waals surface area contributed by atoms with Crippen molar-refractivity contribution in [3.05, 3.63) is 29.8 Å². The first kappa shape index (κ1) is 17.1. The molecule has 2 amide bonds. The second-order valence-corrected chi connectivity index (χ2v) is 6.11. The van der Waals surface area contributed by atoms with Crippen molar-refractivity contribution in [1.29, 1.82) is 0 Å². The Hall–Kier alpha value is -2.24. The van der Waals surface area contributed by atoms with E-state index in [-0.39, 0.29) is 12.0 Å². The van der Waals surface area contributed by atoms with Crippen molar-refractivity contribution >= 4 is 12.0 Å². The number of nitrogens with zero attached hydrogens (tertiary/aromatic N) is 1. The molecule has 0 bridgehead atoms. The van der Waals surface area contributed by atoms with Crippen molar-refractivity contribution in [1.82, 2.24) is 10.2 Å². The maximum Gasteiger partial charge on any atom is 0.410 e. The van der Waals surface area contributed by atoms with Crippen LogP contribution in [0.1, 0.15) is 26.3 Å². The quantitative estimate of drug-likeness (QED) is 0.834. The van der Waals surface area contributed by atoms with E-state index in [0.717, 1.165) is 11.3 Å². The lowest BCUT2D eigenvalue weighted by atomic mass is 10.0. The van der Waals surface area contributed by atoms with Gasteiger partial charge in [0, 0.05) is 6.54 Å². The topological polar surface area (TPSA) is 67.9 Å². The van der Waals surface area contributed by atoms with E-state index in [9.17, 15) is 9.59 Å². The Bertz CT molecular complexity index is 554. The lowest BCUT2D eigenvalue weighted by Gasteiger charge is -2.33. The van der Waals surface area contributed by atoms with Crippen LogP contribution in [0.5, 0.6) is 5.75 Å². The van der Waals surface area contributed by atoms with Crippen LogP contribution >= 0.6 is 0 Å². The molecule has 6 nitrogen and oxygen atoms in total. The van der Waals surface area contributed by atoms with E-state index in [1.165, 1.54) is 0 Å². The van der Waals surface area contributed by atoms with E-state index in [0.29, 0.717) is 32.7 Å². The van der Waals surface area contributed by atoms with E-state index in [1.54, 1.807) is 4.90 Å². The zero-order valence-corrected chi connectivity index (χ0v) is 13.9. The van der Waals surface area contributed by atoms with Gasteiger partial charge < -0.3 is 14.8 Å². The van der Waals surface area contributed by atoms with E-state index in [4.69, 9.17) is 9.47 Å². The molecule has 6 heteroatoms. The Morgan fingerprint density at radius 2 is 2.04 bits per heavy atom. The van der Waals surface area contributed by atoms with Crippen LogP contribution in [0.15, 0.2) is 24.3 Å². The van der Waals surface area contributed by atoms with Crippen LogP contribution in [-0.4, -0.2) is 48.7 Å². The Balaban J connectivity index is 1.83. The summed E-state index contributed by atoms with van der Waals surface area (Å²) in [5, 5.41) is 2.89. The number of cyclic esters (lactones) is 1. The largest absolute Gasteiger partial charge is 0.494 e. The molecule has 0 aromatic heterocycles. The van der Waals surface area contributed by atoms with Crippen LogP contribution in [0.2, 0.25) is 0 Å². The average molecular weight is 320 g/mol. The molecular formula is C17H24N2O4. The maximum atomic E-state index is 12.1. The van der Waals surface area contributed by atoms with Gasteiger partial charge in [-0.1, -0.05) is 12.1 Å². The molecule has 0 radical (unpaired) electrons. The molecule has 0 spiro atoms. The van der Waals surface area contributed by atoms with Crippen LogP contribution in [0.4, 0.5) is 4.79 Å². The minimum absolute atomic E-state index is 0.0743. The van der Waals surface area contributed by atoms with Crippen molar-refractivity contribution in [2.24, 2.45) is 0 Å². The number of carbonyl (C=O) groups is 2. The number of hydrogen-bond acceptors (Lipinski definition) is 4. The zero-order chi connectivity index (χ0) is 16.9. The third kappa shape index (κ3) is 4.61. The monoisotopic (exact) mass is 320 g/mol. The van der Waals surface area contributed by atoms with Crippen LogP contribution in [0, 0.1) is 0 Å². The van der Waals surface area contributed by atoms with Crippen LogP contribution in [0.3, 0.4) is 0 Å². The third-order valence-electron chi connectivity index (χ3n) is 3.81. The first-order valence-corrected chi connectivity index (χ1v) is 7.85. The number of hydrogen-bond donors (Lipinski definition) is 1. The van der Waals surface area contributed by atoms with Gasteiger partial charge in [-0.25, -0.2) is 4.79 Å². The molecule has 1 saturated heterocycles. The van der Waals surface area contributed by atoms with Crippen LogP contribution in [0.25, 0.3) is 0 Å². The smallest absolute Gasteiger partial charge is 0.410 e. The first-order chi connectivity index (χ1) is 10.9. The zero-order valence-electron chi connectivity index (χ0n) is 13.9. The summed E-state index contributed by atoms with van der Waals surface area (Å²) in [5.41, 5.74) is 0.451. The van der Waals surface area contributed by atoms with Gasteiger partial charge in [0.25, 0.3) is 0 Å². The molecule has 1 N–H and O–H groups in total. The predicted octanol–water partition coefficient (Wildman–Crippen LogP) is 1.97. The average Bonchev–Trinajstić information content (AvgIpc) is 2.95. The van der Waals surface area contributed by atoms with Gasteiger partial charge in [-0.2, -0.15) is 0 Å². The predicted molar refractivity (Wildman–Crippen MR) is 86.5 cm³/mol. The fraction of sp³-hybridized carbons (Fsp3) is 0.529. The van der Waals surface area contributed by atoms with Gasteiger partial charge in [-0.3, -0.25) is 9.69 Å². The highest BCUT2D eigenvalue weighted by atomic mass is 16.6. The molecule has 1 aromatic carbocycles. The van der Waals surface area contributed by atoms with Crippen molar-refractivity contribution in [2.45, 2.75) is 32.7 Å². The summed E-state index contributed by atoms with van der Waals surface area (Å²) in [7, 11) is 0. The summed E-state index contributed by atoms with van der Waals surface area (Å²) < 4.78 is 10.3. The lowest BCUT2D eigenvalue weighted by molar-refractivity contribution is -0.120. The molecule has 1 aliphatic rings. The van der Waals surface area contributed by atoms with E-state index in [1.807, 2.05) is 45.0 Å². The van der Waals surface area contributed by atoms with E-state index >= 15 is 0 Å². The summed E-state index contributed by atoms with van der Waals surface area (Å²) >= 11 is 0. The molecule has 0 atom stereocenters. The van der Waals surface area contributed by atoms with Gasteiger partial charge in [0.1, 0.15) is 12.4 Å². The van der Waals surface area contributed by atoms with Gasteiger partial charge in [-0.05, 0) is 38.5 Å². The van der Waals surface area contributed by atoms with E-state index < -0.39 is 5.54 Å². The summed E-state index contributed by atoms with van der Waals surface area (Å²) in [6, 6.07) is 7.48. The number of nitrogens with one attached hydrogen (secondary N) is 1. The normalized spacial score (nSPS) is 14.6. The summed E-state index contributed by atoms with van der Waals surface area (Å²) in [6.45, 7) is 7.72. The van der Waals surface area contributed by atoms with Crippen LogP contribution < -0.4 is 10.1 Å². The molecule has 126 valence electrons. The third-order valence-corrected chi connectivity index (χ3v) is 3.81. The molecule has 0 saturated carbocycles. The number of ether oxygens (including phenoxy) is 2. The van der Waals surface area contributed by atoms with Gasteiger partial charge in [0.2, 0.25) is 5.91 Å². The Kier molecular flexibility index (Phi) is 5.47. The summed E-state index contributed by atoms with van der Waals surface area (Å²) in [6.07, 6.45) is -0.0248. The second-order valence-electron chi connectivity index (χ2n) is 6.11. The minimum atomic E-state index is -0.470. The molecule has 1 aliphatic heterocycles. The summed E-state index contributed by atoms with van der Waals surface area (Å²) in [5.74, 6) is 0.722. The Labute approximate surface area is 136 Å². The number of carbonyl (C=O) groups excluding carboxylic acids is 2. The molecule has 0 aliphatic carbocycles. The fourth-order valence-corrected chi connectivity index (χ4v) is 2.47. The first-order valence-electron chi connectivity index (χ1n) is 7.85. The van der Waals surface area contributed by atoms with Gasteiger partial charge in [-0.15, -0.1) is 0 Å². The van der Waals surface area contributed by atoms with Gasteiger partial charge >= 0.3 is 6.09 Å². The van der Waals surface area contributed by atoms with Gasteiger partial charge in [0.15, 0.2) is 0 Å².